The molecule has 0 aliphatic carbocycles. The number of carbonyl (C=O) groups excluding carboxylic acids is 1. The normalized spacial score (nSPS) is 36.6. The lowest BCUT2D eigenvalue weighted by Gasteiger charge is -2.16. The van der Waals surface area contributed by atoms with E-state index < -0.39 is 0 Å². The Morgan fingerprint density at radius 2 is 2.10 bits per heavy atom. The Morgan fingerprint density at radius 3 is 2.90 bits per heavy atom. The summed E-state index contributed by atoms with van der Waals surface area (Å²) in [6, 6.07) is 0. The summed E-state index contributed by atoms with van der Waals surface area (Å²) in [5.74, 6) is 0.407. The number of allylic oxidation sites excluding steroid dienone is 2. The third-order valence-corrected chi connectivity index (χ3v) is 3.96. The summed E-state index contributed by atoms with van der Waals surface area (Å²) in [5.41, 5.74) is 0. The van der Waals surface area contributed by atoms with E-state index in [-0.39, 0.29) is 11.7 Å². The maximum Gasteiger partial charge on any atom is 0.165 e. The summed E-state index contributed by atoms with van der Waals surface area (Å²) in [7, 11) is 0. The summed E-state index contributed by atoms with van der Waals surface area (Å²) in [5, 5.41) is 3.91. The molecular weight excluding hydrogens is 164 g/mol. The van der Waals surface area contributed by atoms with Gasteiger partial charge in [-0.3, -0.25) is 4.79 Å². The largest absolute Gasteiger partial charge is 0.294 e. The van der Waals surface area contributed by atoms with Gasteiger partial charge in [-0.2, -0.15) is 0 Å². The molecule has 3 heteroatoms. The van der Waals surface area contributed by atoms with E-state index in [2.05, 4.69) is 0 Å². The summed E-state index contributed by atoms with van der Waals surface area (Å²) >= 11 is 3.48. The number of ketones is 1. The van der Waals surface area contributed by atoms with Gasteiger partial charge in [-0.1, -0.05) is 6.08 Å². The van der Waals surface area contributed by atoms with Crippen LogP contribution in [0.25, 0.3) is 0 Å². The molecular formula is C7H6OS2. The second-order valence-corrected chi connectivity index (χ2v) is 4.60. The average Bonchev–Trinajstić information content (AvgIpc) is 2.36. The zero-order valence-corrected chi connectivity index (χ0v) is 6.82. The van der Waals surface area contributed by atoms with E-state index in [1.165, 1.54) is 0 Å². The van der Waals surface area contributed by atoms with E-state index in [9.17, 15) is 4.79 Å². The van der Waals surface area contributed by atoms with Gasteiger partial charge in [0.05, 0.1) is 10.5 Å². The van der Waals surface area contributed by atoms with Gasteiger partial charge in [-0.05, 0) is 16.9 Å². The van der Waals surface area contributed by atoms with Gasteiger partial charge >= 0.3 is 0 Å². The summed E-state index contributed by atoms with van der Waals surface area (Å²) in [6.07, 6.45) is 3.66. The number of hydrogen-bond donors (Lipinski definition) is 0. The highest BCUT2D eigenvalue weighted by molar-refractivity contribution is 8.19. The van der Waals surface area contributed by atoms with Gasteiger partial charge in [0.2, 0.25) is 0 Å². The van der Waals surface area contributed by atoms with Crippen LogP contribution in [0.4, 0.5) is 0 Å². The van der Waals surface area contributed by atoms with Crippen LogP contribution < -0.4 is 0 Å². The van der Waals surface area contributed by atoms with Gasteiger partial charge in [0.15, 0.2) is 5.78 Å². The molecule has 0 bridgehead atoms. The van der Waals surface area contributed by atoms with Crippen LogP contribution >= 0.6 is 23.5 Å². The monoisotopic (exact) mass is 170 g/mol. The van der Waals surface area contributed by atoms with Crippen molar-refractivity contribution in [1.82, 2.24) is 0 Å². The third kappa shape index (κ3) is 0.935. The topological polar surface area (TPSA) is 17.1 Å². The first kappa shape index (κ1) is 6.55. The Morgan fingerprint density at radius 1 is 1.30 bits per heavy atom. The van der Waals surface area contributed by atoms with E-state index in [0.717, 1.165) is 0 Å². The molecule has 0 amide bonds. The number of carbonyl (C=O) groups is 1. The Labute approximate surface area is 67.9 Å². The van der Waals surface area contributed by atoms with Crippen LogP contribution in [0.1, 0.15) is 0 Å². The lowest BCUT2D eigenvalue weighted by molar-refractivity contribution is -0.116. The van der Waals surface area contributed by atoms with Crippen molar-refractivity contribution < 1.29 is 4.79 Å². The first-order valence-corrected chi connectivity index (χ1v) is 4.94. The van der Waals surface area contributed by atoms with Crippen molar-refractivity contribution >= 4 is 29.3 Å². The number of fused-ring (bicyclic) bond motifs is 1. The van der Waals surface area contributed by atoms with Crippen molar-refractivity contribution in [3.63, 3.8) is 0 Å². The predicted molar refractivity (Wildman–Crippen MR) is 45.7 cm³/mol. The van der Waals surface area contributed by atoms with Gasteiger partial charge in [-0.25, -0.2) is 0 Å². The molecule has 2 aliphatic heterocycles. The van der Waals surface area contributed by atoms with Crippen molar-refractivity contribution in [2.45, 2.75) is 4.58 Å². The smallest absolute Gasteiger partial charge is 0.165 e. The predicted octanol–water partition coefficient (Wildman–Crippen LogP) is 2.02. The molecule has 0 aromatic heterocycles. The van der Waals surface area contributed by atoms with Gasteiger partial charge in [0, 0.05) is 0 Å². The van der Waals surface area contributed by atoms with Crippen molar-refractivity contribution in [3.8, 4) is 0 Å². The van der Waals surface area contributed by atoms with E-state index in [0.29, 0.717) is 4.58 Å². The highest BCUT2D eigenvalue weighted by Crippen LogP contribution is 2.41. The van der Waals surface area contributed by atoms with Crippen LogP contribution in [-0.4, -0.2) is 10.4 Å². The fraction of sp³-hybridized carbons (Fsp3) is 0.286. The van der Waals surface area contributed by atoms with Crippen molar-refractivity contribution in [1.29, 1.82) is 0 Å². The second-order valence-electron chi connectivity index (χ2n) is 2.20. The molecule has 2 unspecified atom stereocenters. The Bertz CT molecular complexity index is 220. The Kier molecular flexibility index (Phi) is 1.62. The Hall–Kier alpha value is -0.150. The highest BCUT2D eigenvalue weighted by atomic mass is 32.2. The molecule has 0 aromatic carbocycles. The molecule has 10 heavy (non-hydrogen) atoms. The van der Waals surface area contributed by atoms with E-state index in [4.69, 9.17) is 0 Å². The van der Waals surface area contributed by atoms with Gasteiger partial charge in [0.1, 0.15) is 0 Å². The molecule has 2 atom stereocenters. The molecule has 0 saturated heterocycles. The molecule has 0 fully saturated rings. The Balaban J connectivity index is 2.27. The lowest BCUT2D eigenvalue weighted by atomic mass is 10.1. The fourth-order valence-electron chi connectivity index (χ4n) is 1.02. The molecule has 0 aromatic rings. The van der Waals surface area contributed by atoms with Gasteiger partial charge < -0.3 is 0 Å². The molecule has 52 valence electrons. The van der Waals surface area contributed by atoms with Crippen LogP contribution in [0, 0.1) is 5.92 Å². The lowest BCUT2D eigenvalue weighted by Crippen LogP contribution is -2.19. The molecule has 2 rings (SSSR count). The van der Waals surface area contributed by atoms with Crippen LogP contribution in [0.15, 0.2) is 23.0 Å². The van der Waals surface area contributed by atoms with E-state index >= 15 is 0 Å². The quantitative estimate of drug-likeness (QED) is 0.553. The van der Waals surface area contributed by atoms with Crippen LogP contribution in [0.2, 0.25) is 0 Å². The van der Waals surface area contributed by atoms with Crippen LogP contribution in [0.3, 0.4) is 0 Å². The fourth-order valence-corrected chi connectivity index (χ4v) is 3.24. The van der Waals surface area contributed by atoms with Crippen LogP contribution in [0.5, 0.6) is 0 Å². The SMILES string of the molecule is O=C1C=CSC2SC=CC12. The average molecular weight is 170 g/mol. The molecule has 2 aliphatic rings. The standard InChI is InChI=1S/C7H6OS2/c8-6-2-4-10-7-5(6)1-3-9-7/h1-5,7H. The maximum atomic E-state index is 11.1. The summed E-state index contributed by atoms with van der Waals surface area (Å²) < 4.78 is 0.428. The van der Waals surface area contributed by atoms with Crippen molar-refractivity contribution in [2.75, 3.05) is 0 Å². The molecule has 0 N–H and O–H groups in total. The zero-order chi connectivity index (χ0) is 6.97. The first-order valence-electron chi connectivity index (χ1n) is 3.06. The van der Waals surface area contributed by atoms with Crippen LogP contribution in [-0.2, 0) is 4.79 Å². The molecule has 0 radical (unpaired) electrons. The summed E-state index contributed by atoms with van der Waals surface area (Å²) in [6.45, 7) is 0. The van der Waals surface area contributed by atoms with Gasteiger partial charge in [0.25, 0.3) is 0 Å². The minimum absolute atomic E-state index is 0.153. The van der Waals surface area contributed by atoms with E-state index in [1.54, 1.807) is 29.6 Å². The van der Waals surface area contributed by atoms with Crippen molar-refractivity contribution in [2.24, 2.45) is 5.92 Å². The maximum absolute atomic E-state index is 11.1. The minimum atomic E-state index is 0.153. The molecule has 0 spiro atoms. The highest BCUT2D eigenvalue weighted by Gasteiger charge is 2.30. The third-order valence-electron chi connectivity index (χ3n) is 1.57. The number of thioether (sulfide) groups is 2. The van der Waals surface area contributed by atoms with E-state index in [1.807, 2.05) is 16.9 Å². The summed E-state index contributed by atoms with van der Waals surface area (Å²) in [4.78, 5) is 11.1. The first-order chi connectivity index (χ1) is 4.88. The molecule has 1 nitrogen and oxygen atoms in total. The van der Waals surface area contributed by atoms with Gasteiger partial charge in [-0.15, -0.1) is 23.5 Å². The number of hydrogen-bond acceptors (Lipinski definition) is 3. The zero-order valence-electron chi connectivity index (χ0n) is 5.19. The number of rotatable bonds is 0. The second kappa shape index (κ2) is 2.47. The minimum Gasteiger partial charge on any atom is -0.294 e. The molecule has 0 saturated carbocycles. The molecule has 2 heterocycles. The van der Waals surface area contributed by atoms with Crippen molar-refractivity contribution in [3.05, 3.63) is 23.0 Å².